The van der Waals surface area contributed by atoms with E-state index in [4.69, 9.17) is 9.52 Å². The van der Waals surface area contributed by atoms with Gasteiger partial charge in [0.1, 0.15) is 5.75 Å². The second-order valence-corrected chi connectivity index (χ2v) is 5.48. The van der Waals surface area contributed by atoms with Gasteiger partial charge in [0.05, 0.1) is 18.1 Å². The minimum Gasteiger partial charge on any atom is -0.497 e. The molecule has 0 fully saturated rings. The molecule has 1 aliphatic carbocycles. The Labute approximate surface area is 116 Å². The molecule has 2 rings (SSSR count). The summed E-state index contributed by atoms with van der Waals surface area (Å²) in [6.45, 7) is 2.04. The van der Waals surface area contributed by atoms with Crippen molar-refractivity contribution in [1.29, 1.82) is 4.78 Å². The Morgan fingerprint density at radius 3 is 2.53 bits per heavy atom. The molecule has 0 saturated carbocycles. The molecular formula is C15H17NO2S. The van der Waals surface area contributed by atoms with Crippen LogP contribution in [0.15, 0.2) is 52.5 Å². The van der Waals surface area contributed by atoms with Crippen molar-refractivity contribution in [2.75, 3.05) is 7.11 Å². The number of nitrogens with one attached hydrogen (secondary N) is 1. The first-order valence-electron chi connectivity index (χ1n) is 5.97. The highest BCUT2D eigenvalue weighted by Gasteiger charge is 2.11. The first-order chi connectivity index (χ1) is 9.10. The molecule has 2 N–H and O–H groups in total. The molecule has 19 heavy (non-hydrogen) atoms. The van der Waals surface area contributed by atoms with Crippen LogP contribution in [0.25, 0.3) is 6.08 Å². The van der Waals surface area contributed by atoms with E-state index in [2.05, 4.69) is 6.08 Å². The van der Waals surface area contributed by atoms with Crippen LogP contribution in [0.2, 0.25) is 0 Å². The van der Waals surface area contributed by atoms with E-state index in [9.17, 15) is 4.55 Å². The molecule has 0 heterocycles. The Balaban J connectivity index is 2.26. The summed E-state index contributed by atoms with van der Waals surface area (Å²) in [6, 6.07) is 7.84. The Bertz CT molecular complexity index is 583. The van der Waals surface area contributed by atoms with Crippen LogP contribution in [0.1, 0.15) is 18.9 Å². The Hall–Kier alpha value is -1.65. The molecule has 0 aliphatic heterocycles. The molecule has 0 aromatic heterocycles. The van der Waals surface area contributed by atoms with Crippen molar-refractivity contribution < 1.29 is 9.29 Å². The minimum absolute atomic E-state index is 0.636. The zero-order chi connectivity index (χ0) is 13.8. The molecule has 0 bridgehead atoms. The van der Waals surface area contributed by atoms with Crippen LogP contribution in [0.5, 0.6) is 5.75 Å². The first kappa shape index (κ1) is 13.8. The van der Waals surface area contributed by atoms with E-state index in [0.717, 1.165) is 21.8 Å². The van der Waals surface area contributed by atoms with Gasteiger partial charge in [-0.25, -0.2) is 0 Å². The van der Waals surface area contributed by atoms with Crippen molar-refractivity contribution in [3.8, 4) is 5.75 Å². The molecule has 0 radical (unpaired) electrons. The highest BCUT2D eigenvalue weighted by Crippen LogP contribution is 2.28. The van der Waals surface area contributed by atoms with E-state index in [1.54, 1.807) is 7.11 Å². The summed E-state index contributed by atoms with van der Waals surface area (Å²) in [5.41, 5.74) is 3.40. The van der Waals surface area contributed by atoms with Gasteiger partial charge >= 0.3 is 0 Å². The normalized spacial score (nSPS) is 18.8. The molecule has 1 atom stereocenters. The summed E-state index contributed by atoms with van der Waals surface area (Å²) in [5, 5.41) is 0. The molecule has 1 aliphatic rings. The fourth-order valence-electron chi connectivity index (χ4n) is 1.91. The van der Waals surface area contributed by atoms with Crippen LogP contribution in [0.4, 0.5) is 0 Å². The van der Waals surface area contributed by atoms with Crippen LogP contribution in [-0.4, -0.2) is 11.7 Å². The van der Waals surface area contributed by atoms with Crippen molar-refractivity contribution in [3.05, 3.63) is 58.0 Å². The topological polar surface area (TPSA) is 53.3 Å². The lowest BCUT2D eigenvalue weighted by Gasteiger charge is -2.15. The number of rotatable bonds is 3. The quantitative estimate of drug-likeness (QED) is 0.870. The van der Waals surface area contributed by atoms with E-state index in [0.29, 0.717) is 6.42 Å². The Morgan fingerprint density at radius 2 is 1.95 bits per heavy atom. The second-order valence-electron chi connectivity index (χ2n) is 4.39. The van der Waals surface area contributed by atoms with Crippen molar-refractivity contribution >= 4 is 17.0 Å². The van der Waals surface area contributed by atoms with Gasteiger partial charge in [0.15, 0.2) is 0 Å². The van der Waals surface area contributed by atoms with Gasteiger partial charge in [0.2, 0.25) is 0 Å². The number of hydrogen-bond donors (Lipinski definition) is 2. The summed E-state index contributed by atoms with van der Waals surface area (Å²) >= 11 is 0. The Morgan fingerprint density at radius 1 is 1.26 bits per heavy atom. The number of methoxy groups -OCH3 is 1. The largest absolute Gasteiger partial charge is 0.497 e. The maximum absolute atomic E-state index is 9.37. The van der Waals surface area contributed by atoms with Crippen molar-refractivity contribution in [1.82, 2.24) is 0 Å². The van der Waals surface area contributed by atoms with Gasteiger partial charge in [0.25, 0.3) is 0 Å². The highest BCUT2D eigenvalue weighted by molar-refractivity contribution is 7.84. The van der Waals surface area contributed by atoms with Crippen LogP contribution < -0.4 is 4.74 Å². The van der Waals surface area contributed by atoms with E-state index in [1.165, 1.54) is 5.57 Å². The third kappa shape index (κ3) is 3.43. The summed E-state index contributed by atoms with van der Waals surface area (Å²) in [4.78, 5) is 0.755. The van der Waals surface area contributed by atoms with Gasteiger partial charge in [0, 0.05) is 11.3 Å². The summed E-state index contributed by atoms with van der Waals surface area (Å²) in [7, 11) is 0.253. The lowest BCUT2D eigenvalue weighted by Crippen LogP contribution is -1.99. The minimum atomic E-state index is -1.40. The Kier molecular flexibility index (Phi) is 4.35. The van der Waals surface area contributed by atoms with Crippen molar-refractivity contribution in [3.63, 3.8) is 0 Å². The average Bonchev–Trinajstić information content (AvgIpc) is 2.42. The summed E-state index contributed by atoms with van der Waals surface area (Å²) in [6.07, 6.45) is 6.53. The van der Waals surface area contributed by atoms with Crippen LogP contribution >= 0.6 is 0 Å². The molecular weight excluding hydrogens is 258 g/mol. The van der Waals surface area contributed by atoms with Gasteiger partial charge in [-0.2, -0.15) is 0 Å². The summed E-state index contributed by atoms with van der Waals surface area (Å²) < 4.78 is 21.9. The predicted molar refractivity (Wildman–Crippen MR) is 80.1 cm³/mol. The number of allylic oxidation sites excluding steroid dienone is 5. The molecule has 3 nitrogen and oxygen atoms in total. The molecule has 100 valence electrons. The van der Waals surface area contributed by atoms with Gasteiger partial charge in [-0.05, 0) is 41.8 Å². The van der Waals surface area contributed by atoms with Gasteiger partial charge in [-0.15, -0.1) is 0 Å². The van der Waals surface area contributed by atoms with E-state index < -0.39 is 11.0 Å². The third-order valence-electron chi connectivity index (χ3n) is 3.10. The number of benzene rings is 1. The molecule has 1 aromatic carbocycles. The fraction of sp³-hybridized carbons (Fsp3) is 0.200. The van der Waals surface area contributed by atoms with Gasteiger partial charge in [-0.3, -0.25) is 4.78 Å². The lowest BCUT2D eigenvalue weighted by molar-refractivity contribution is 0.415. The monoisotopic (exact) mass is 275 g/mol. The average molecular weight is 275 g/mol. The first-order valence-corrected chi connectivity index (χ1v) is 7.15. The summed E-state index contributed by atoms with van der Waals surface area (Å²) in [5.74, 6) is 0.835. The molecule has 4 heteroatoms. The molecule has 0 saturated heterocycles. The van der Waals surface area contributed by atoms with Gasteiger partial charge < -0.3 is 9.29 Å². The van der Waals surface area contributed by atoms with E-state index in [-0.39, 0.29) is 0 Å². The SMILES string of the molecule is COc1ccc(C=C2CC(S(=N)O)=CC=C2C)cc1. The zero-order valence-corrected chi connectivity index (χ0v) is 11.8. The van der Waals surface area contributed by atoms with Gasteiger partial charge in [-0.1, -0.05) is 24.3 Å². The lowest BCUT2D eigenvalue weighted by atomic mass is 9.97. The molecule has 0 amide bonds. The van der Waals surface area contributed by atoms with Crippen LogP contribution in [-0.2, 0) is 11.0 Å². The maximum atomic E-state index is 9.37. The van der Waals surface area contributed by atoms with E-state index >= 15 is 0 Å². The van der Waals surface area contributed by atoms with Crippen LogP contribution in [0.3, 0.4) is 0 Å². The van der Waals surface area contributed by atoms with E-state index in [1.807, 2.05) is 43.3 Å². The zero-order valence-electron chi connectivity index (χ0n) is 11.0. The smallest absolute Gasteiger partial charge is 0.118 e. The van der Waals surface area contributed by atoms with Crippen LogP contribution in [0, 0.1) is 4.78 Å². The van der Waals surface area contributed by atoms with Crippen molar-refractivity contribution in [2.45, 2.75) is 13.3 Å². The predicted octanol–water partition coefficient (Wildman–Crippen LogP) is 4.17. The molecule has 1 unspecified atom stereocenters. The standard InChI is InChI=1S/C15H17NO2S/c1-11-3-8-15(19(16)17)10-13(11)9-12-4-6-14(18-2)7-5-12/h3-9H,10H2,1-2H3,(H2,16,17). The highest BCUT2D eigenvalue weighted by atomic mass is 32.2. The fourth-order valence-corrected chi connectivity index (χ4v) is 2.40. The second kappa shape index (κ2) is 5.99. The molecule has 1 aromatic rings. The third-order valence-corrected chi connectivity index (χ3v) is 3.87. The van der Waals surface area contributed by atoms with Crippen molar-refractivity contribution in [2.24, 2.45) is 0 Å². The molecule has 0 spiro atoms. The number of hydrogen-bond acceptors (Lipinski definition) is 2. The number of ether oxygens (including phenoxy) is 1. The maximum Gasteiger partial charge on any atom is 0.118 e.